The molecule has 7 nitrogen and oxygen atoms in total. The molecule has 0 radical (unpaired) electrons. The first-order valence-electron chi connectivity index (χ1n) is 11.5. The van der Waals surface area contributed by atoms with Crippen molar-refractivity contribution in [1.82, 2.24) is 15.3 Å². The number of hydrogen-bond acceptors (Lipinski definition) is 6. The molecule has 1 N–H and O–H groups in total. The number of halogens is 3. The van der Waals surface area contributed by atoms with Gasteiger partial charge in [-0.05, 0) is 43.9 Å². The molecular weight excluding hydrogens is 449 g/mol. The number of hydrogen-bond donors (Lipinski definition) is 1. The third-order valence-corrected chi connectivity index (χ3v) is 6.17. The zero-order valence-electron chi connectivity index (χ0n) is 19.3. The minimum Gasteiger partial charge on any atom is -0.489 e. The van der Waals surface area contributed by atoms with Gasteiger partial charge >= 0.3 is 0 Å². The monoisotopic (exact) mass is 478 g/mol. The van der Waals surface area contributed by atoms with Crippen LogP contribution in [0.3, 0.4) is 0 Å². The van der Waals surface area contributed by atoms with E-state index in [0.29, 0.717) is 38.2 Å². The molecular formula is C24H29F3N4O3. The van der Waals surface area contributed by atoms with Crippen molar-refractivity contribution >= 4 is 11.7 Å². The Balaban J connectivity index is 1.32. The average molecular weight is 479 g/mol. The Morgan fingerprint density at radius 3 is 2.62 bits per heavy atom. The van der Waals surface area contributed by atoms with E-state index in [1.165, 1.54) is 6.42 Å². The zero-order chi connectivity index (χ0) is 24.3. The van der Waals surface area contributed by atoms with Gasteiger partial charge in [0.05, 0.1) is 12.5 Å². The van der Waals surface area contributed by atoms with Gasteiger partial charge in [0.1, 0.15) is 18.2 Å². The molecule has 4 rings (SSSR count). The van der Waals surface area contributed by atoms with Gasteiger partial charge in [0.25, 0.3) is 11.8 Å². The first kappa shape index (κ1) is 24.1. The highest BCUT2D eigenvalue weighted by Gasteiger charge is 2.30. The Labute approximate surface area is 196 Å². The molecule has 1 amide bonds. The summed E-state index contributed by atoms with van der Waals surface area (Å²) in [5.41, 5.74) is 0.908. The van der Waals surface area contributed by atoms with E-state index in [9.17, 15) is 18.0 Å². The second-order valence-corrected chi connectivity index (χ2v) is 9.08. The van der Waals surface area contributed by atoms with Crippen molar-refractivity contribution < 1.29 is 27.4 Å². The lowest BCUT2D eigenvalue weighted by molar-refractivity contribution is -0.123. The Bertz CT molecular complexity index is 996. The smallest absolute Gasteiger partial charge is 0.278 e. The standard InChI is InChI=1S/C24H29F3N4O3/c1-15(22(32)30-17-4-3-5-17)16-6-8-18(9-7-16)34-19-10-11-31(12-19)21-20(25)23(29-14-28-21)33-13-24(2,26)27/h6-9,14-15,17,19H,3-5,10-13H2,1-2H3,(H,30,32)/t15?,19-/m1/s1. The molecule has 2 aliphatic rings. The summed E-state index contributed by atoms with van der Waals surface area (Å²) in [4.78, 5) is 21.7. The molecule has 1 saturated heterocycles. The maximum Gasteiger partial charge on any atom is 0.278 e. The first-order chi connectivity index (χ1) is 16.2. The number of alkyl halides is 2. The maximum atomic E-state index is 14.7. The van der Waals surface area contributed by atoms with E-state index in [4.69, 9.17) is 9.47 Å². The minimum atomic E-state index is -3.10. The number of ether oxygens (including phenoxy) is 2. The van der Waals surface area contributed by atoms with Crippen LogP contribution in [0.4, 0.5) is 19.0 Å². The SMILES string of the molecule is CC(C(=O)NC1CCC1)c1ccc(O[C@@H]2CCN(c3ncnc(OCC(C)(F)F)c3F)C2)cc1. The molecule has 2 fully saturated rings. The van der Waals surface area contributed by atoms with Crippen molar-refractivity contribution in [2.24, 2.45) is 0 Å². The molecule has 34 heavy (non-hydrogen) atoms. The molecule has 2 heterocycles. The third kappa shape index (κ3) is 5.90. The molecule has 1 aliphatic carbocycles. The van der Waals surface area contributed by atoms with Gasteiger partial charge in [0.2, 0.25) is 11.7 Å². The van der Waals surface area contributed by atoms with Crippen LogP contribution < -0.4 is 19.7 Å². The summed E-state index contributed by atoms with van der Waals surface area (Å²) >= 11 is 0. The van der Waals surface area contributed by atoms with E-state index in [0.717, 1.165) is 24.7 Å². The summed E-state index contributed by atoms with van der Waals surface area (Å²) < 4.78 is 51.7. The van der Waals surface area contributed by atoms with Gasteiger partial charge in [-0.3, -0.25) is 4.79 Å². The van der Waals surface area contributed by atoms with Gasteiger partial charge in [-0.25, -0.2) is 13.8 Å². The van der Waals surface area contributed by atoms with Crippen LogP contribution in [0, 0.1) is 5.82 Å². The van der Waals surface area contributed by atoms with Crippen molar-refractivity contribution in [1.29, 1.82) is 0 Å². The third-order valence-electron chi connectivity index (χ3n) is 6.17. The molecule has 10 heteroatoms. The van der Waals surface area contributed by atoms with Crippen LogP contribution in [0.1, 0.15) is 51.0 Å². The predicted molar refractivity (Wildman–Crippen MR) is 120 cm³/mol. The van der Waals surface area contributed by atoms with E-state index in [1.807, 2.05) is 31.2 Å². The zero-order valence-corrected chi connectivity index (χ0v) is 19.3. The topological polar surface area (TPSA) is 76.6 Å². The number of carbonyl (C=O) groups excluding carboxylic acids is 1. The number of amides is 1. The van der Waals surface area contributed by atoms with Gasteiger partial charge in [-0.2, -0.15) is 9.37 Å². The van der Waals surface area contributed by atoms with E-state index in [2.05, 4.69) is 15.3 Å². The highest BCUT2D eigenvalue weighted by atomic mass is 19.3. The Hall–Kier alpha value is -3.04. The molecule has 1 saturated carbocycles. The normalized spacial score (nSPS) is 19.4. The number of benzene rings is 1. The summed E-state index contributed by atoms with van der Waals surface area (Å²) in [7, 11) is 0. The largest absolute Gasteiger partial charge is 0.489 e. The Morgan fingerprint density at radius 2 is 1.97 bits per heavy atom. The van der Waals surface area contributed by atoms with Crippen molar-refractivity contribution in [2.75, 3.05) is 24.6 Å². The second-order valence-electron chi connectivity index (χ2n) is 9.08. The van der Waals surface area contributed by atoms with Gasteiger partial charge in [0, 0.05) is 25.9 Å². The first-order valence-corrected chi connectivity index (χ1v) is 11.5. The fourth-order valence-corrected chi connectivity index (χ4v) is 3.94. The summed E-state index contributed by atoms with van der Waals surface area (Å²) in [5, 5.41) is 3.07. The lowest BCUT2D eigenvalue weighted by Gasteiger charge is -2.28. The quantitative estimate of drug-likeness (QED) is 0.585. The molecule has 1 aliphatic heterocycles. The minimum absolute atomic E-state index is 0.00262. The van der Waals surface area contributed by atoms with Crippen LogP contribution in [-0.2, 0) is 4.79 Å². The summed E-state index contributed by atoms with van der Waals surface area (Å²) in [6.07, 6.45) is 4.78. The van der Waals surface area contributed by atoms with E-state index >= 15 is 0 Å². The van der Waals surface area contributed by atoms with E-state index in [-0.39, 0.29) is 23.7 Å². The van der Waals surface area contributed by atoms with Gasteiger partial charge in [0.15, 0.2) is 12.4 Å². The molecule has 1 unspecified atom stereocenters. The fraction of sp³-hybridized carbons (Fsp3) is 0.542. The van der Waals surface area contributed by atoms with Gasteiger partial charge in [-0.15, -0.1) is 0 Å². The van der Waals surface area contributed by atoms with E-state index in [1.54, 1.807) is 4.90 Å². The molecule has 0 bridgehead atoms. The van der Waals surface area contributed by atoms with Gasteiger partial charge in [-0.1, -0.05) is 12.1 Å². The molecule has 2 aromatic rings. The summed E-state index contributed by atoms with van der Waals surface area (Å²) in [6.45, 7) is 2.46. The predicted octanol–water partition coefficient (Wildman–Crippen LogP) is 4.08. The second kappa shape index (κ2) is 10.1. The highest BCUT2D eigenvalue weighted by Crippen LogP contribution is 2.29. The molecule has 184 valence electrons. The van der Waals surface area contributed by atoms with Gasteiger partial charge < -0.3 is 19.7 Å². The number of nitrogens with zero attached hydrogens (tertiary/aromatic N) is 3. The lowest BCUT2D eigenvalue weighted by atomic mass is 9.91. The number of carbonyl (C=O) groups is 1. The lowest BCUT2D eigenvalue weighted by Crippen LogP contribution is -2.41. The summed E-state index contributed by atoms with van der Waals surface area (Å²) in [6, 6.07) is 7.72. The number of rotatable bonds is 9. The fourth-order valence-electron chi connectivity index (χ4n) is 3.94. The number of nitrogens with one attached hydrogen (secondary N) is 1. The highest BCUT2D eigenvalue weighted by molar-refractivity contribution is 5.83. The summed E-state index contributed by atoms with van der Waals surface area (Å²) in [5.74, 6) is -4.04. The van der Waals surface area contributed by atoms with Crippen molar-refractivity contribution in [2.45, 2.75) is 63.5 Å². The van der Waals surface area contributed by atoms with Crippen LogP contribution in [0.2, 0.25) is 0 Å². The van der Waals surface area contributed by atoms with Crippen molar-refractivity contribution in [3.8, 4) is 11.6 Å². The van der Waals surface area contributed by atoms with Crippen LogP contribution >= 0.6 is 0 Å². The molecule has 0 spiro atoms. The Kier molecular flexibility index (Phi) is 7.13. The molecule has 2 atom stereocenters. The van der Waals surface area contributed by atoms with Crippen LogP contribution in [0.25, 0.3) is 0 Å². The van der Waals surface area contributed by atoms with Crippen LogP contribution in [0.15, 0.2) is 30.6 Å². The molecule has 1 aromatic carbocycles. The van der Waals surface area contributed by atoms with E-state index < -0.39 is 24.2 Å². The van der Waals surface area contributed by atoms with Crippen LogP contribution in [-0.4, -0.2) is 53.6 Å². The van der Waals surface area contributed by atoms with Crippen LogP contribution in [0.5, 0.6) is 11.6 Å². The number of aromatic nitrogens is 2. The maximum absolute atomic E-state index is 14.7. The van der Waals surface area contributed by atoms with Crippen molar-refractivity contribution in [3.63, 3.8) is 0 Å². The van der Waals surface area contributed by atoms with Crippen molar-refractivity contribution in [3.05, 3.63) is 42.0 Å². The average Bonchev–Trinajstić information content (AvgIpc) is 3.23. The number of anilines is 1. The molecule has 1 aromatic heterocycles. The Morgan fingerprint density at radius 1 is 1.24 bits per heavy atom.